The summed E-state index contributed by atoms with van der Waals surface area (Å²) in [6.07, 6.45) is 0. The van der Waals surface area contributed by atoms with Crippen LogP contribution in [0.1, 0.15) is 0 Å². The zero-order chi connectivity index (χ0) is 14.4. The maximum Gasteiger partial charge on any atom is 0.296 e. The second-order valence-electron chi connectivity index (χ2n) is 3.68. The fraction of sp³-hybridized carbons (Fsp3) is 0. The summed E-state index contributed by atoms with van der Waals surface area (Å²) in [5.74, 6) is 0. The van der Waals surface area contributed by atoms with Crippen LogP contribution in [0.15, 0.2) is 40.1 Å². The van der Waals surface area contributed by atoms with E-state index in [4.69, 9.17) is 20.7 Å². The molecule has 0 bridgehead atoms. The molecule has 0 aliphatic carbocycles. The van der Waals surface area contributed by atoms with Gasteiger partial charge in [0.2, 0.25) is 0 Å². The summed E-state index contributed by atoms with van der Waals surface area (Å²) in [5.41, 5.74) is 0. The van der Waals surface area contributed by atoms with Gasteiger partial charge in [-0.3, -0.25) is 9.11 Å². The smallest absolute Gasteiger partial charge is 0.282 e. The average molecular weight is 323 g/mol. The van der Waals surface area contributed by atoms with Crippen molar-refractivity contribution >= 4 is 42.6 Å². The molecule has 0 aliphatic heterocycles. The highest BCUT2D eigenvalue weighted by atomic mass is 35.5. The zero-order valence-electron chi connectivity index (χ0n) is 9.11. The monoisotopic (exact) mass is 322 g/mol. The van der Waals surface area contributed by atoms with Crippen molar-refractivity contribution < 1.29 is 25.9 Å². The van der Waals surface area contributed by atoms with Crippen LogP contribution in [0.3, 0.4) is 0 Å². The molecule has 2 aromatic rings. The second-order valence-corrected chi connectivity index (χ2v) is 6.83. The lowest BCUT2D eigenvalue weighted by atomic mass is 10.1. The van der Waals surface area contributed by atoms with Crippen LogP contribution in [0, 0.1) is 0 Å². The summed E-state index contributed by atoms with van der Waals surface area (Å²) in [6.45, 7) is 0. The Bertz CT molecular complexity index is 870. The maximum atomic E-state index is 11.3. The van der Waals surface area contributed by atoms with Gasteiger partial charge in [-0.05, 0) is 12.1 Å². The minimum atomic E-state index is -4.63. The molecule has 0 unspecified atom stereocenters. The molecule has 0 aromatic heterocycles. The molecule has 102 valence electrons. The first kappa shape index (κ1) is 14.2. The van der Waals surface area contributed by atoms with Gasteiger partial charge in [-0.15, -0.1) is 0 Å². The predicted octanol–water partition coefficient (Wildman–Crippen LogP) is 1.99. The van der Waals surface area contributed by atoms with Crippen molar-refractivity contribution in [1.82, 2.24) is 0 Å². The third-order valence-corrected chi connectivity index (χ3v) is 4.75. The Balaban J connectivity index is 3.07. The van der Waals surface area contributed by atoms with Gasteiger partial charge in [-0.25, -0.2) is 0 Å². The van der Waals surface area contributed by atoms with Crippen molar-refractivity contribution in [3.05, 3.63) is 35.4 Å². The van der Waals surface area contributed by atoms with E-state index in [9.17, 15) is 16.8 Å². The standard InChI is InChI=1S/C10H7ClO6S2/c11-8-5-4-6-7(10(8)19(15,16)17)2-1-3-9(6)18(12,13)14/h1-5H,(H,12,13,14)(H,15,16,17). The van der Waals surface area contributed by atoms with Gasteiger partial charge in [-0.2, -0.15) is 16.8 Å². The molecule has 0 radical (unpaired) electrons. The second kappa shape index (κ2) is 4.43. The van der Waals surface area contributed by atoms with Crippen molar-refractivity contribution in [1.29, 1.82) is 0 Å². The van der Waals surface area contributed by atoms with Gasteiger partial charge < -0.3 is 0 Å². The van der Waals surface area contributed by atoms with Crippen molar-refractivity contribution in [3.8, 4) is 0 Å². The lowest BCUT2D eigenvalue weighted by Gasteiger charge is -2.08. The summed E-state index contributed by atoms with van der Waals surface area (Å²) in [5, 5.41) is -0.394. The molecule has 2 N–H and O–H groups in total. The molecular weight excluding hydrogens is 316 g/mol. The van der Waals surface area contributed by atoms with Crippen LogP contribution in [0.4, 0.5) is 0 Å². The van der Waals surface area contributed by atoms with Gasteiger partial charge in [-0.1, -0.05) is 29.8 Å². The van der Waals surface area contributed by atoms with Crippen LogP contribution in [0.25, 0.3) is 10.8 Å². The van der Waals surface area contributed by atoms with Crippen LogP contribution in [0.2, 0.25) is 5.02 Å². The topological polar surface area (TPSA) is 109 Å². The van der Waals surface area contributed by atoms with E-state index in [0.29, 0.717) is 0 Å². The van der Waals surface area contributed by atoms with E-state index in [1.54, 1.807) is 0 Å². The van der Waals surface area contributed by atoms with Gasteiger partial charge in [0.25, 0.3) is 20.2 Å². The maximum absolute atomic E-state index is 11.3. The molecule has 0 atom stereocenters. The largest absolute Gasteiger partial charge is 0.296 e. The third-order valence-electron chi connectivity index (χ3n) is 2.46. The van der Waals surface area contributed by atoms with Crippen LogP contribution < -0.4 is 0 Å². The highest BCUT2D eigenvalue weighted by Gasteiger charge is 2.22. The first-order valence-electron chi connectivity index (χ1n) is 4.78. The Morgan fingerprint density at radius 3 is 2.00 bits per heavy atom. The molecule has 0 saturated carbocycles. The highest BCUT2D eigenvalue weighted by Crippen LogP contribution is 2.33. The van der Waals surface area contributed by atoms with Crippen molar-refractivity contribution in [3.63, 3.8) is 0 Å². The molecular formula is C10H7ClO6S2. The van der Waals surface area contributed by atoms with Crippen LogP contribution >= 0.6 is 11.6 Å². The van der Waals surface area contributed by atoms with E-state index in [1.165, 1.54) is 18.2 Å². The number of hydrogen-bond donors (Lipinski definition) is 2. The third kappa shape index (κ3) is 2.58. The number of benzene rings is 2. The fourth-order valence-electron chi connectivity index (χ4n) is 1.76. The molecule has 0 amide bonds. The molecule has 0 saturated heterocycles. The molecule has 19 heavy (non-hydrogen) atoms. The Morgan fingerprint density at radius 1 is 0.842 bits per heavy atom. The molecule has 0 heterocycles. The minimum Gasteiger partial charge on any atom is -0.282 e. The number of halogens is 1. The van der Waals surface area contributed by atoms with E-state index in [1.807, 2.05) is 0 Å². The zero-order valence-corrected chi connectivity index (χ0v) is 11.5. The van der Waals surface area contributed by atoms with Crippen LogP contribution in [-0.4, -0.2) is 25.9 Å². The predicted molar refractivity (Wildman–Crippen MR) is 68.6 cm³/mol. The van der Waals surface area contributed by atoms with Crippen LogP contribution in [-0.2, 0) is 20.2 Å². The number of hydrogen-bond acceptors (Lipinski definition) is 4. The lowest BCUT2D eigenvalue weighted by molar-refractivity contribution is 0.481. The average Bonchev–Trinajstić information content (AvgIpc) is 2.24. The van der Waals surface area contributed by atoms with E-state index in [2.05, 4.69) is 0 Å². The molecule has 2 rings (SSSR count). The summed E-state index contributed by atoms with van der Waals surface area (Å²) in [7, 11) is -9.15. The molecule has 9 heteroatoms. The molecule has 0 aliphatic rings. The number of rotatable bonds is 2. The SMILES string of the molecule is O=S(=O)(O)c1cccc2c(S(=O)(=O)O)c(Cl)ccc12. The fourth-order valence-corrected chi connectivity index (χ4v) is 3.70. The van der Waals surface area contributed by atoms with Gasteiger partial charge in [0.1, 0.15) is 9.79 Å². The Hall–Kier alpha value is -1.19. The van der Waals surface area contributed by atoms with Gasteiger partial charge in [0.15, 0.2) is 0 Å². The quantitative estimate of drug-likeness (QED) is 0.818. The van der Waals surface area contributed by atoms with Crippen LogP contribution in [0.5, 0.6) is 0 Å². The lowest BCUT2D eigenvalue weighted by Crippen LogP contribution is -2.03. The molecule has 0 spiro atoms. The summed E-state index contributed by atoms with van der Waals surface area (Å²) >= 11 is 5.70. The summed E-state index contributed by atoms with van der Waals surface area (Å²) in [6, 6.07) is 5.99. The van der Waals surface area contributed by atoms with Gasteiger partial charge in [0.05, 0.1) is 5.02 Å². The van der Waals surface area contributed by atoms with Crippen molar-refractivity contribution in [2.45, 2.75) is 9.79 Å². The van der Waals surface area contributed by atoms with Gasteiger partial charge >= 0.3 is 0 Å². The highest BCUT2D eigenvalue weighted by molar-refractivity contribution is 7.86. The summed E-state index contributed by atoms with van der Waals surface area (Å²) in [4.78, 5) is -1.07. The first-order chi connectivity index (χ1) is 8.62. The minimum absolute atomic E-state index is 0.0537. The Labute approximate surface area is 114 Å². The van der Waals surface area contributed by atoms with E-state index in [0.717, 1.165) is 12.1 Å². The van der Waals surface area contributed by atoms with E-state index < -0.39 is 30.0 Å². The Kier molecular flexibility index (Phi) is 3.31. The van der Waals surface area contributed by atoms with Crippen molar-refractivity contribution in [2.24, 2.45) is 0 Å². The normalized spacial score (nSPS) is 12.8. The first-order valence-corrected chi connectivity index (χ1v) is 8.04. The van der Waals surface area contributed by atoms with Gasteiger partial charge in [0, 0.05) is 10.8 Å². The summed E-state index contributed by atoms with van der Waals surface area (Å²) < 4.78 is 63.2. The molecule has 0 fully saturated rings. The number of fused-ring (bicyclic) bond motifs is 1. The molecule has 6 nitrogen and oxygen atoms in total. The van der Waals surface area contributed by atoms with Crippen molar-refractivity contribution in [2.75, 3.05) is 0 Å². The molecule has 2 aromatic carbocycles. The van der Waals surface area contributed by atoms with E-state index >= 15 is 0 Å². The van der Waals surface area contributed by atoms with E-state index in [-0.39, 0.29) is 15.8 Å². The Morgan fingerprint density at radius 2 is 1.47 bits per heavy atom.